The van der Waals surface area contributed by atoms with Gasteiger partial charge in [-0.15, -0.1) is 0 Å². The Labute approximate surface area is 137 Å². The van der Waals surface area contributed by atoms with E-state index in [1.165, 1.54) is 12.4 Å². The molecule has 0 amide bonds. The van der Waals surface area contributed by atoms with E-state index in [1.807, 2.05) is 18.2 Å². The molecule has 0 spiro atoms. The Morgan fingerprint density at radius 1 is 1.13 bits per heavy atom. The maximum Gasteiger partial charge on any atom is 0.166 e. The van der Waals surface area contributed by atoms with Gasteiger partial charge in [0.15, 0.2) is 5.65 Å². The molecule has 0 aliphatic carbocycles. The van der Waals surface area contributed by atoms with Crippen molar-refractivity contribution >= 4 is 34.4 Å². The fraction of sp³-hybridized carbons (Fsp3) is 0.188. The molecule has 0 atom stereocenters. The van der Waals surface area contributed by atoms with Crippen molar-refractivity contribution in [3.05, 3.63) is 54.1 Å². The molecule has 0 fully saturated rings. The fourth-order valence-corrected chi connectivity index (χ4v) is 2.98. The van der Waals surface area contributed by atoms with Gasteiger partial charge in [-0.25, -0.2) is 19.3 Å². The summed E-state index contributed by atoms with van der Waals surface area (Å²) >= 11 is 1.67. The van der Waals surface area contributed by atoms with Crippen LogP contribution >= 0.6 is 11.8 Å². The summed E-state index contributed by atoms with van der Waals surface area (Å²) in [7, 11) is 0. The highest BCUT2D eigenvalue weighted by Crippen LogP contribution is 2.19. The van der Waals surface area contributed by atoms with E-state index in [2.05, 4.69) is 20.3 Å². The highest BCUT2D eigenvalue weighted by Gasteiger charge is 2.05. The highest BCUT2D eigenvalue weighted by molar-refractivity contribution is 7.98. The van der Waals surface area contributed by atoms with Crippen LogP contribution in [0.5, 0.6) is 0 Å². The number of aromatic nitrogens is 3. The molecule has 1 aromatic carbocycles. The lowest BCUT2D eigenvalue weighted by Gasteiger charge is -2.08. The zero-order valence-electron chi connectivity index (χ0n) is 12.4. The lowest BCUT2D eigenvalue weighted by atomic mass is 10.2. The third-order valence-corrected chi connectivity index (χ3v) is 4.28. The second-order valence-corrected chi connectivity index (χ2v) is 6.01. The van der Waals surface area contributed by atoms with Crippen molar-refractivity contribution in [2.24, 2.45) is 0 Å². The first-order valence-electron chi connectivity index (χ1n) is 7.16. The quantitative estimate of drug-likeness (QED) is 0.677. The van der Waals surface area contributed by atoms with Crippen LogP contribution in [0.3, 0.4) is 0 Å². The molecule has 3 rings (SSSR count). The van der Waals surface area contributed by atoms with Gasteiger partial charge in [0.2, 0.25) is 0 Å². The lowest BCUT2D eigenvalue weighted by Crippen LogP contribution is -2.07. The van der Waals surface area contributed by atoms with Gasteiger partial charge in [-0.1, -0.05) is 18.2 Å². The Kier molecular flexibility index (Phi) is 4.87. The van der Waals surface area contributed by atoms with Crippen LogP contribution in [0.15, 0.2) is 42.7 Å². The van der Waals surface area contributed by atoms with Gasteiger partial charge in [0, 0.05) is 18.1 Å². The number of nitrogens with one attached hydrogen (secondary N) is 1. The molecule has 2 heterocycles. The van der Waals surface area contributed by atoms with Gasteiger partial charge < -0.3 is 11.1 Å². The average molecular weight is 329 g/mol. The van der Waals surface area contributed by atoms with E-state index in [4.69, 9.17) is 5.73 Å². The van der Waals surface area contributed by atoms with Crippen LogP contribution in [0, 0.1) is 5.82 Å². The van der Waals surface area contributed by atoms with Crippen molar-refractivity contribution in [1.29, 1.82) is 0 Å². The first kappa shape index (κ1) is 15.5. The number of nitrogens with two attached hydrogens (primary N) is 1. The summed E-state index contributed by atoms with van der Waals surface area (Å²) in [5, 5.41) is 4.10. The Balaban J connectivity index is 1.54. The summed E-state index contributed by atoms with van der Waals surface area (Å²) in [5.41, 5.74) is 6.95. The summed E-state index contributed by atoms with van der Waals surface area (Å²) in [6.45, 7) is 0.718. The molecule has 3 N–H and O–H groups in total. The van der Waals surface area contributed by atoms with Crippen LogP contribution < -0.4 is 11.1 Å². The standard InChI is InChI=1S/C16H16FN5S/c17-13-4-2-1-3-11(13)9-23-8-7-19-15-12-5-6-14(18)22-16(12)21-10-20-15/h1-6,10H,7-9H2,(H3,18,19,20,21,22). The van der Waals surface area contributed by atoms with Gasteiger partial charge >= 0.3 is 0 Å². The molecule has 0 saturated carbocycles. The number of hydrogen-bond acceptors (Lipinski definition) is 6. The van der Waals surface area contributed by atoms with Crippen LogP contribution in [0.2, 0.25) is 0 Å². The van der Waals surface area contributed by atoms with E-state index < -0.39 is 0 Å². The third kappa shape index (κ3) is 3.87. The largest absolute Gasteiger partial charge is 0.384 e. The summed E-state index contributed by atoms with van der Waals surface area (Å²) in [6, 6.07) is 10.4. The number of nitrogens with zero attached hydrogens (tertiary/aromatic N) is 3. The smallest absolute Gasteiger partial charge is 0.166 e. The summed E-state index contributed by atoms with van der Waals surface area (Å²) in [4.78, 5) is 12.5. The zero-order valence-corrected chi connectivity index (χ0v) is 13.2. The van der Waals surface area contributed by atoms with E-state index >= 15 is 0 Å². The number of thioether (sulfide) groups is 1. The maximum absolute atomic E-state index is 13.5. The first-order chi connectivity index (χ1) is 11.2. The average Bonchev–Trinajstić information content (AvgIpc) is 2.56. The number of nitrogen functional groups attached to an aromatic ring is 1. The van der Waals surface area contributed by atoms with E-state index in [1.54, 1.807) is 23.9 Å². The fourth-order valence-electron chi connectivity index (χ4n) is 2.14. The molecule has 2 aromatic heterocycles. The van der Waals surface area contributed by atoms with Crippen molar-refractivity contribution in [3.63, 3.8) is 0 Å². The SMILES string of the molecule is Nc1ccc2c(NCCSCc3ccccc3F)ncnc2n1. The molecule has 0 aliphatic heterocycles. The van der Waals surface area contributed by atoms with Gasteiger partial charge in [0.1, 0.15) is 23.8 Å². The summed E-state index contributed by atoms with van der Waals surface area (Å²) in [5.74, 6) is 2.49. The molecule has 23 heavy (non-hydrogen) atoms. The van der Waals surface area contributed by atoms with Crippen molar-refractivity contribution < 1.29 is 4.39 Å². The van der Waals surface area contributed by atoms with Crippen LogP contribution in [-0.4, -0.2) is 27.2 Å². The van der Waals surface area contributed by atoms with E-state index in [-0.39, 0.29) is 5.82 Å². The second kappa shape index (κ2) is 7.23. The molecular formula is C16H16FN5S. The van der Waals surface area contributed by atoms with Crippen LogP contribution in [0.25, 0.3) is 11.0 Å². The number of fused-ring (bicyclic) bond motifs is 1. The molecular weight excluding hydrogens is 313 g/mol. The van der Waals surface area contributed by atoms with E-state index in [9.17, 15) is 4.39 Å². The minimum absolute atomic E-state index is 0.154. The van der Waals surface area contributed by atoms with Gasteiger partial charge in [-0.05, 0) is 23.8 Å². The van der Waals surface area contributed by atoms with Gasteiger partial charge in [0.25, 0.3) is 0 Å². The number of halogens is 1. The predicted molar refractivity (Wildman–Crippen MR) is 92.8 cm³/mol. The zero-order chi connectivity index (χ0) is 16.1. The molecule has 118 valence electrons. The molecule has 0 aliphatic rings. The Morgan fingerprint density at radius 2 is 2.00 bits per heavy atom. The van der Waals surface area contributed by atoms with Gasteiger partial charge in [0.05, 0.1) is 5.39 Å². The Morgan fingerprint density at radius 3 is 2.87 bits per heavy atom. The second-order valence-electron chi connectivity index (χ2n) is 4.90. The number of hydrogen-bond donors (Lipinski definition) is 2. The minimum Gasteiger partial charge on any atom is -0.384 e. The van der Waals surface area contributed by atoms with Crippen molar-refractivity contribution in [2.45, 2.75) is 5.75 Å². The molecule has 0 unspecified atom stereocenters. The summed E-state index contributed by atoms with van der Waals surface area (Å²) < 4.78 is 13.5. The normalized spacial score (nSPS) is 10.8. The number of rotatable bonds is 6. The van der Waals surface area contributed by atoms with Gasteiger partial charge in [-0.2, -0.15) is 11.8 Å². The minimum atomic E-state index is -0.154. The van der Waals surface area contributed by atoms with E-state index in [0.717, 1.165) is 29.1 Å². The Hall–Kier alpha value is -2.41. The Bertz CT molecular complexity index is 811. The predicted octanol–water partition coefficient (Wildman–Crippen LogP) is 3.09. The van der Waals surface area contributed by atoms with Crippen LogP contribution in [0.4, 0.5) is 16.0 Å². The first-order valence-corrected chi connectivity index (χ1v) is 8.32. The van der Waals surface area contributed by atoms with Crippen molar-refractivity contribution in [2.75, 3.05) is 23.3 Å². The van der Waals surface area contributed by atoms with Crippen LogP contribution in [0.1, 0.15) is 5.56 Å². The monoisotopic (exact) mass is 329 g/mol. The highest BCUT2D eigenvalue weighted by atomic mass is 32.2. The topological polar surface area (TPSA) is 76.7 Å². The molecule has 0 bridgehead atoms. The molecule has 0 radical (unpaired) electrons. The third-order valence-electron chi connectivity index (χ3n) is 3.27. The number of benzene rings is 1. The van der Waals surface area contributed by atoms with Gasteiger partial charge in [-0.3, -0.25) is 0 Å². The molecule has 5 nitrogen and oxygen atoms in total. The van der Waals surface area contributed by atoms with Crippen LogP contribution in [-0.2, 0) is 5.75 Å². The van der Waals surface area contributed by atoms with Crippen molar-refractivity contribution in [1.82, 2.24) is 15.0 Å². The lowest BCUT2D eigenvalue weighted by molar-refractivity contribution is 0.617. The molecule has 3 aromatic rings. The maximum atomic E-state index is 13.5. The number of anilines is 2. The summed E-state index contributed by atoms with van der Waals surface area (Å²) in [6.07, 6.45) is 1.46. The van der Waals surface area contributed by atoms with Crippen molar-refractivity contribution in [3.8, 4) is 0 Å². The molecule has 0 saturated heterocycles. The molecule has 7 heteroatoms. The van der Waals surface area contributed by atoms with E-state index in [0.29, 0.717) is 17.2 Å². The number of pyridine rings is 1.